The van der Waals surface area contributed by atoms with Gasteiger partial charge < -0.3 is 10.1 Å². The van der Waals surface area contributed by atoms with Crippen LogP contribution < -0.4 is 10.2 Å². The van der Waals surface area contributed by atoms with Gasteiger partial charge in [0.2, 0.25) is 5.91 Å². The Morgan fingerprint density at radius 1 is 1.48 bits per heavy atom. The summed E-state index contributed by atoms with van der Waals surface area (Å²) in [6, 6.07) is 4.48. The number of rotatable bonds is 2. The average Bonchev–Trinajstić information content (AvgIpc) is 2.82. The third kappa shape index (κ3) is 1.95. The van der Waals surface area contributed by atoms with E-state index in [4.69, 9.17) is 4.74 Å². The lowest BCUT2D eigenvalue weighted by Crippen LogP contribution is -2.64. The first-order chi connectivity index (χ1) is 9.93. The third-order valence-corrected chi connectivity index (χ3v) is 3.95. The van der Waals surface area contributed by atoms with Crippen LogP contribution in [0.15, 0.2) is 24.3 Å². The fourth-order valence-corrected chi connectivity index (χ4v) is 2.63. The number of fused-ring (bicyclic) bond motifs is 1. The Balaban J connectivity index is 2.01. The summed E-state index contributed by atoms with van der Waals surface area (Å²) in [5.41, 5.74) is -0.847. The van der Waals surface area contributed by atoms with E-state index >= 15 is 0 Å². The predicted octanol–water partition coefficient (Wildman–Crippen LogP) is 1.06. The van der Waals surface area contributed by atoms with Gasteiger partial charge in [-0.05, 0) is 13.0 Å². The molecular weight excluding hydrogens is 278 g/mol. The Labute approximate surface area is 119 Å². The minimum absolute atomic E-state index is 0.178. The van der Waals surface area contributed by atoms with Crippen molar-refractivity contribution in [3.8, 4) is 0 Å². The Morgan fingerprint density at radius 2 is 2.24 bits per heavy atom. The number of imide groups is 1. The first kappa shape index (κ1) is 13.5. The van der Waals surface area contributed by atoms with Crippen molar-refractivity contribution in [2.75, 3.05) is 18.1 Å². The molecule has 21 heavy (non-hydrogen) atoms. The van der Waals surface area contributed by atoms with Crippen molar-refractivity contribution in [3.05, 3.63) is 34.4 Å². The molecule has 2 atom stereocenters. The lowest BCUT2D eigenvalue weighted by atomic mass is 9.82. The van der Waals surface area contributed by atoms with Gasteiger partial charge in [-0.25, -0.2) is 9.69 Å². The number of hydrogen-bond donors (Lipinski definition) is 1. The van der Waals surface area contributed by atoms with E-state index in [0.29, 0.717) is 0 Å². The third-order valence-electron chi connectivity index (χ3n) is 3.95. The molecule has 2 heterocycles. The Kier molecular flexibility index (Phi) is 2.91. The van der Waals surface area contributed by atoms with E-state index in [0.717, 1.165) is 4.90 Å². The normalized spacial score (nSPS) is 28.2. The number of amides is 3. The summed E-state index contributed by atoms with van der Waals surface area (Å²) in [6.07, 6.45) is 0. The quantitative estimate of drug-likeness (QED) is 0.648. The van der Waals surface area contributed by atoms with Gasteiger partial charge in [-0.2, -0.15) is 0 Å². The van der Waals surface area contributed by atoms with E-state index < -0.39 is 22.3 Å². The second-order valence-corrected chi connectivity index (χ2v) is 5.35. The molecule has 2 aliphatic heterocycles. The molecule has 2 aliphatic rings. The summed E-state index contributed by atoms with van der Waals surface area (Å²) in [4.78, 5) is 36.0. The molecule has 0 saturated carbocycles. The van der Waals surface area contributed by atoms with E-state index in [9.17, 15) is 19.7 Å². The summed E-state index contributed by atoms with van der Waals surface area (Å²) < 4.78 is 5.29. The van der Waals surface area contributed by atoms with E-state index in [2.05, 4.69) is 5.32 Å². The molecule has 110 valence electrons. The number of nitro groups is 1. The van der Waals surface area contributed by atoms with Crippen LogP contribution in [0, 0.1) is 15.5 Å². The molecular formula is C13H13N3O5. The van der Waals surface area contributed by atoms with Crippen molar-refractivity contribution in [3.63, 3.8) is 0 Å². The van der Waals surface area contributed by atoms with Crippen LogP contribution in [0.1, 0.15) is 6.92 Å². The molecule has 0 bridgehead atoms. The van der Waals surface area contributed by atoms with Crippen LogP contribution in [0.4, 0.5) is 16.2 Å². The molecule has 1 aromatic carbocycles. The lowest BCUT2D eigenvalue weighted by Gasteiger charge is -2.39. The van der Waals surface area contributed by atoms with Crippen LogP contribution in [0.25, 0.3) is 0 Å². The highest BCUT2D eigenvalue weighted by Crippen LogP contribution is 2.36. The molecule has 1 N–H and O–H groups in total. The number of carbonyl (C=O) groups is 2. The number of non-ortho nitro benzene ring substituents is 1. The number of hydrogen-bond acceptors (Lipinski definition) is 5. The van der Waals surface area contributed by atoms with E-state index in [-0.39, 0.29) is 30.6 Å². The second kappa shape index (κ2) is 4.52. The van der Waals surface area contributed by atoms with Crippen molar-refractivity contribution in [2.24, 2.45) is 5.41 Å². The van der Waals surface area contributed by atoms with Gasteiger partial charge in [0.15, 0.2) is 0 Å². The second-order valence-electron chi connectivity index (χ2n) is 5.35. The SMILES string of the molecule is CC12COCC1NC(=O)N(c1cccc([N+](=O)[O-])c1)C2=O. The zero-order chi connectivity index (χ0) is 15.2. The molecule has 0 radical (unpaired) electrons. The summed E-state index contributed by atoms with van der Waals surface area (Å²) in [5, 5.41) is 13.5. The molecule has 0 spiro atoms. The van der Waals surface area contributed by atoms with Crippen LogP contribution in [0.5, 0.6) is 0 Å². The number of ether oxygens (including phenoxy) is 1. The maximum atomic E-state index is 12.6. The number of nitro benzene ring substituents is 1. The smallest absolute Gasteiger partial charge is 0.329 e. The Hall–Kier alpha value is -2.48. The van der Waals surface area contributed by atoms with Crippen LogP contribution in [-0.2, 0) is 9.53 Å². The standard InChI is InChI=1S/C13H13N3O5/c1-13-7-21-6-10(13)14-12(18)15(11(13)17)8-3-2-4-9(5-8)16(19)20/h2-5,10H,6-7H2,1H3,(H,14,18). The fourth-order valence-electron chi connectivity index (χ4n) is 2.63. The van der Waals surface area contributed by atoms with Crippen molar-refractivity contribution in [1.82, 2.24) is 5.32 Å². The van der Waals surface area contributed by atoms with Gasteiger partial charge in [0.05, 0.1) is 35.3 Å². The van der Waals surface area contributed by atoms with E-state index in [1.54, 1.807) is 6.92 Å². The Morgan fingerprint density at radius 3 is 2.95 bits per heavy atom. The number of nitrogens with one attached hydrogen (secondary N) is 1. The monoisotopic (exact) mass is 291 g/mol. The first-order valence-corrected chi connectivity index (χ1v) is 6.41. The molecule has 8 nitrogen and oxygen atoms in total. The Bertz CT molecular complexity index is 646. The highest BCUT2D eigenvalue weighted by molar-refractivity contribution is 6.18. The van der Waals surface area contributed by atoms with Gasteiger partial charge >= 0.3 is 6.03 Å². The largest absolute Gasteiger partial charge is 0.378 e. The van der Waals surface area contributed by atoms with Crippen LogP contribution in [0.2, 0.25) is 0 Å². The molecule has 2 saturated heterocycles. The molecule has 2 unspecified atom stereocenters. The van der Waals surface area contributed by atoms with Gasteiger partial charge in [-0.3, -0.25) is 14.9 Å². The van der Waals surface area contributed by atoms with Crippen molar-refractivity contribution < 1.29 is 19.2 Å². The zero-order valence-electron chi connectivity index (χ0n) is 11.2. The van der Waals surface area contributed by atoms with Crippen LogP contribution in [0.3, 0.4) is 0 Å². The number of urea groups is 1. The van der Waals surface area contributed by atoms with Crippen molar-refractivity contribution in [1.29, 1.82) is 0 Å². The zero-order valence-corrected chi connectivity index (χ0v) is 11.2. The summed E-state index contributed by atoms with van der Waals surface area (Å²) in [5.74, 6) is -0.408. The van der Waals surface area contributed by atoms with Gasteiger partial charge in [-0.15, -0.1) is 0 Å². The van der Waals surface area contributed by atoms with Gasteiger partial charge in [0.25, 0.3) is 5.69 Å². The highest BCUT2D eigenvalue weighted by atomic mass is 16.6. The maximum Gasteiger partial charge on any atom is 0.329 e. The maximum absolute atomic E-state index is 12.6. The highest BCUT2D eigenvalue weighted by Gasteiger charge is 2.54. The van der Waals surface area contributed by atoms with E-state index in [1.807, 2.05) is 0 Å². The van der Waals surface area contributed by atoms with Gasteiger partial charge in [0, 0.05) is 12.1 Å². The number of carbonyl (C=O) groups excluding carboxylic acids is 2. The molecule has 3 amide bonds. The summed E-state index contributed by atoms with van der Waals surface area (Å²) >= 11 is 0. The average molecular weight is 291 g/mol. The van der Waals surface area contributed by atoms with Crippen LogP contribution >= 0.6 is 0 Å². The minimum atomic E-state index is -0.849. The number of benzene rings is 1. The molecule has 3 rings (SSSR count). The summed E-state index contributed by atoms with van der Waals surface area (Å²) in [7, 11) is 0. The van der Waals surface area contributed by atoms with Crippen LogP contribution in [-0.4, -0.2) is 36.1 Å². The fraction of sp³-hybridized carbons (Fsp3) is 0.385. The molecule has 8 heteroatoms. The molecule has 1 aromatic rings. The minimum Gasteiger partial charge on any atom is -0.378 e. The van der Waals surface area contributed by atoms with Crippen molar-refractivity contribution >= 4 is 23.3 Å². The van der Waals surface area contributed by atoms with E-state index in [1.165, 1.54) is 24.3 Å². The molecule has 0 aliphatic carbocycles. The first-order valence-electron chi connectivity index (χ1n) is 6.41. The van der Waals surface area contributed by atoms with Crippen molar-refractivity contribution in [2.45, 2.75) is 13.0 Å². The van der Waals surface area contributed by atoms with Gasteiger partial charge in [-0.1, -0.05) is 6.07 Å². The topological polar surface area (TPSA) is 102 Å². The number of anilines is 1. The predicted molar refractivity (Wildman–Crippen MR) is 71.8 cm³/mol. The number of nitrogens with zero attached hydrogens (tertiary/aromatic N) is 2. The molecule has 2 fully saturated rings. The summed E-state index contributed by atoms with van der Waals surface area (Å²) in [6.45, 7) is 2.22. The lowest BCUT2D eigenvalue weighted by molar-refractivity contribution is -0.384. The molecule has 0 aromatic heterocycles. The van der Waals surface area contributed by atoms with Gasteiger partial charge in [0.1, 0.15) is 0 Å².